The molecule has 0 fully saturated rings. The van der Waals surface area contributed by atoms with Gasteiger partial charge in [-0.3, -0.25) is 24.2 Å². The van der Waals surface area contributed by atoms with E-state index in [2.05, 4.69) is 20.9 Å². The van der Waals surface area contributed by atoms with Gasteiger partial charge in [-0.2, -0.15) is 0 Å². The lowest BCUT2D eigenvalue weighted by atomic mass is 9.97. The molecule has 0 saturated carbocycles. The van der Waals surface area contributed by atoms with Crippen LogP contribution < -0.4 is 33.2 Å². The second-order valence-electron chi connectivity index (χ2n) is 9.11. The Morgan fingerprint density at radius 3 is 1.86 bits per heavy atom. The summed E-state index contributed by atoms with van der Waals surface area (Å²) in [6.07, 6.45) is 0.323. The van der Waals surface area contributed by atoms with Crippen LogP contribution in [0.1, 0.15) is 59.8 Å². The summed E-state index contributed by atoms with van der Waals surface area (Å²) in [4.78, 5) is 64.7. The molecule has 14 nitrogen and oxygen atoms in total. The number of nitrogens with two attached hydrogens (primary N) is 3. The molecule has 14 heteroatoms. The van der Waals surface area contributed by atoms with Crippen molar-refractivity contribution in [3.8, 4) is 0 Å². The van der Waals surface area contributed by atoms with Crippen molar-refractivity contribution < 1.29 is 34.2 Å². The Labute approximate surface area is 210 Å². The molecule has 36 heavy (non-hydrogen) atoms. The third kappa shape index (κ3) is 12.9. The first kappa shape index (κ1) is 32.6. The highest BCUT2D eigenvalue weighted by atomic mass is 16.4. The van der Waals surface area contributed by atoms with Crippen LogP contribution in [-0.2, 0) is 24.0 Å². The number of carboxylic acid groups (broad SMARTS) is 2. The van der Waals surface area contributed by atoms with E-state index in [1.807, 2.05) is 27.7 Å². The number of aliphatic imine (C=N–C) groups is 1. The van der Waals surface area contributed by atoms with Crippen molar-refractivity contribution in [2.75, 3.05) is 6.54 Å². The lowest BCUT2D eigenvalue weighted by Gasteiger charge is -2.26. The molecule has 0 heterocycles. The van der Waals surface area contributed by atoms with Crippen molar-refractivity contribution in [2.45, 2.75) is 84.0 Å². The predicted octanol–water partition coefficient (Wildman–Crippen LogP) is -1.53. The second kappa shape index (κ2) is 16.3. The number of hydrogen-bond donors (Lipinski definition) is 8. The molecule has 0 aliphatic heterocycles. The summed E-state index contributed by atoms with van der Waals surface area (Å²) in [6.45, 7) is 7.54. The molecule has 0 aromatic carbocycles. The predicted molar refractivity (Wildman–Crippen MR) is 132 cm³/mol. The maximum Gasteiger partial charge on any atom is 0.326 e. The van der Waals surface area contributed by atoms with Gasteiger partial charge in [0, 0.05) is 6.54 Å². The number of nitrogens with zero attached hydrogens (tertiary/aromatic N) is 1. The topological polar surface area (TPSA) is 252 Å². The van der Waals surface area contributed by atoms with Gasteiger partial charge in [0.05, 0.1) is 12.5 Å². The largest absolute Gasteiger partial charge is 0.481 e. The molecule has 0 saturated heterocycles. The Bertz CT molecular complexity index is 800. The number of carboxylic acids is 2. The van der Waals surface area contributed by atoms with E-state index in [1.165, 1.54) is 0 Å². The van der Waals surface area contributed by atoms with Gasteiger partial charge in [0.2, 0.25) is 17.7 Å². The zero-order valence-corrected chi connectivity index (χ0v) is 21.3. The van der Waals surface area contributed by atoms with Crippen LogP contribution in [0.15, 0.2) is 4.99 Å². The van der Waals surface area contributed by atoms with Crippen molar-refractivity contribution in [1.29, 1.82) is 0 Å². The fraction of sp³-hybridized carbons (Fsp3) is 0.727. The van der Waals surface area contributed by atoms with Crippen molar-refractivity contribution in [3.05, 3.63) is 0 Å². The maximum atomic E-state index is 13.1. The normalized spacial score (nSPS) is 15.1. The molecule has 0 aliphatic rings. The molecule has 0 spiro atoms. The number of aliphatic carboxylic acids is 2. The third-order valence-corrected chi connectivity index (χ3v) is 5.47. The molecule has 5 atom stereocenters. The van der Waals surface area contributed by atoms with Gasteiger partial charge in [0.1, 0.15) is 18.1 Å². The first-order chi connectivity index (χ1) is 16.7. The monoisotopic (exact) mass is 515 g/mol. The number of nitrogens with one attached hydrogen (secondary N) is 3. The van der Waals surface area contributed by atoms with Gasteiger partial charge in [-0.25, -0.2) is 4.79 Å². The fourth-order valence-corrected chi connectivity index (χ4v) is 3.17. The van der Waals surface area contributed by atoms with E-state index in [0.29, 0.717) is 6.42 Å². The van der Waals surface area contributed by atoms with Gasteiger partial charge >= 0.3 is 11.9 Å². The molecule has 0 radical (unpaired) electrons. The number of guanidine groups is 1. The highest BCUT2D eigenvalue weighted by Crippen LogP contribution is 2.10. The molecular formula is C22H41N7O7. The van der Waals surface area contributed by atoms with E-state index in [0.717, 1.165) is 0 Å². The zero-order chi connectivity index (χ0) is 28.0. The quantitative estimate of drug-likeness (QED) is 0.0630. The Balaban J connectivity index is 5.69. The lowest BCUT2D eigenvalue weighted by molar-refractivity contribution is -0.147. The van der Waals surface area contributed by atoms with Crippen LogP contribution in [-0.4, -0.2) is 76.5 Å². The third-order valence-electron chi connectivity index (χ3n) is 5.47. The van der Waals surface area contributed by atoms with E-state index in [1.54, 1.807) is 0 Å². The van der Waals surface area contributed by atoms with Crippen LogP contribution in [0.4, 0.5) is 0 Å². The lowest BCUT2D eigenvalue weighted by Crippen LogP contribution is -2.58. The van der Waals surface area contributed by atoms with Gasteiger partial charge < -0.3 is 43.4 Å². The first-order valence-electron chi connectivity index (χ1n) is 11.9. The SMILES string of the molecule is CCC(C)C(N)C(=O)NC(CC(C)C)C(=O)NC(CCCN=C(N)N)C(=O)NC(CC(=O)O)C(=O)O. The van der Waals surface area contributed by atoms with Crippen LogP contribution >= 0.6 is 0 Å². The van der Waals surface area contributed by atoms with Crippen LogP contribution in [0.2, 0.25) is 0 Å². The van der Waals surface area contributed by atoms with Gasteiger partial charge in [0.15, 0.2) is 5.96 Å². The Kier molecular flexibility index (Phi) is 14.7. The molecule has 11 N–H and O–H groups in total. The average molecular weight is 516 g/mol. The number of carbonyl (C=O) groups is 5. The standard InChI is InChI=1S/C22H41N7O7/c1-5-12(4)17(23)20(34)28-14(9-11(2)3)19(33)27-13(7-6-8-26-22(24)25)18(32)29-15(21(35)36)10-16(30)31/h11-15,17H,5-10,23H2,1-4H3,(H,27,33)(H,28,34)(H,29,32)(H,30,31)(H,35,36)(H4,24,25,26). The molecule has 0 aliphatic carbocycles. The van der Waals surface area contributed by atoms with Crippen LogP contribution in [0.5, 0.6) is 0 Å². The minimum atomic E-state index is -1.70. The van der Waals surface area contributed by atoms with Crippen LogP contribution in [0.25, 0.3) is 0 Å². The number of carbonyl (C=O) groups excluding carboxylic acids is 3. The van der Waals surface area contributed by atoms with E-state index in [9.17, 15) is 29.1 Å². The van der Waals surface area contributed by atoms with Gasteiger partial charge in [-0.1, -0.05) is 34.1 Å². The summed E-state index contributed by atoms with van der Waals surface area (Å²) in [5, 5.41) is 25.5. The van der Waals surface area contributed by atoms with E-state index in [4.69, 9.17) is 22.3 Å². The van der Waals surface area contributed by atoms with Crippen molar-refractivity contribution in [2.24, 2.45) is 34.0 Å². The minimum absolute atomic E-state index is 0.00183. The maximum absolute atomic E-state index is 13.1. The van der Waals surface area contributed by atoms with Gasteiger partial charge in [-0.15, -0.1) is 0 Å². The molecule has 0 aromatic heterocycles. The van der Waals surface area contributed by atoms with Crippen molar-refractivity contribution >= 4 is 35.6 Å². The number of amides is 3. The fourth-order valence-electron chi connectivity index (χ4n) is 3.17. The highest BCUT2D eigenvalue weighted by Gasteiger charge is 2.31. The van der Waals surface area contributed by atoms with E-state index >= 15 is 0 Å². The molecule has 0 rings (SSSR count). The first-order valence-corrected chi connectivity index (χ1v) is 11.9. The minimum Gasteiger partial charge on any atom is -0.481 e. The second-order valence-corrected chi connectivity index (χ2v) is 9.11. The smallest absolute Gasteiger partial charge is 0.326 e. The average Bonchev–Trinajstić information content (AvgIpc) is 2.77. The molecular weight excluding hydrogens is 474 g/mol. The highest BCUT2D eigenvalue weighted by molar-refractivity contribution is 5.94. The van der Waals surface area contributed by atoms with E-state index in [-0.39, 0.29) is 43.6 Å². The van der Waals surface area contributed by atoms with Gasteiger partial charge in [0.25, 0.3) is 0 Å². The summed E-state index contributed by atoms with van der Waals surface area (Å²) in [5.41, 5.74) is 16.6. The molecule has 0 bridgehead atoms. The Morgan fingerprint density at radius 1 is 0.861 bits per heavy atom. The van der Waals surface area contributed by atoms with Crippen LogP contribution in [0.3, 0.4) is 0 Å². The van der Waals surface area contributed by atoms with E-state index < -0.39 is 60.2 Å². The zero-order valence-electron chi connectivity index (χ0n) is 21.3. The van der Waals surface area contributed by atoms with Crippen molar-refractivity contribution in [3.63, 3.8) is 0 Å². The number of hydrogen-bond acceptors (Lipinski definition) is 7. The molecule has 0 aromatic rings. The summed E-state index contributed by atoms with van der Waals surface area (Å²) in [6, 6.07) is -4.78. The summed E-state index contributed by atoms with van der Waals surface area (Å²) in [7, 11) is 0. The molecule has 5 unspecified atom stereocenters. The van der Waals surface area contributed by atoms with Crippen molar-refractivity contribution in [1.82, 2.24) is 16.0 Å². The summed E-state index contributed by atoms with van der Waals surface area (Å²) >= 11 is 0. The summed E-state index contributed by atoms with van der Waals surface area (Å²) in [5.74, 6) is -5.32. The van der Waals surface area contributed by atoms with Crippen LogP contribution in [0, 0.1) is 11.8 Å². The number of rotatable bonds is 17. The van der Waals surface area contributed by atoms with Gasteiger partial charge in [-0.05, 0) is 31.1 Å². The Hall–Kier alpha value is -3.42. The summed E-state index contributed by atoms with van der Waals surface area (Å²) < 4.78 is 0. The molecule has 206 valence electrons. The molecule has 3 amide bonds. The Morgan fingerprint density at radius 2 is 1.39 bits per heavy atom.